The molecule has 0 bridgehead atoms. The Morgan fingerprint density at radius 1 is 1.29 bits per heavy atom. The summed E-state index contributed by atoms with van der Waals surface area (Å²) in [6.45, 7) is 12.1. The van der Waals surface area contributed by atoms with Crippen molar-refractivity contribution in [3.8, 4) is 5.75 Å². The van der Waals surface area contributed by atoms with Crippen LogP contribution < -0.4 is 15.4 Å². The van der Waals surface area contributed by atoms with Gasteiger partial charge >= 0.3 is 0 Å². The van der Waals surface area contributed by atoms with Crippen LogP contribution in [0.3, 0.4) is 0 Å². The number of ether oxygens (including phenoxy) is 1. The van der Waals surface area contributed by atoms with Gasteiger partial charge in [-0.3, -0.25) is 4.99 Å². The molecule has 0 fully saturated rings. The summed E-state index contributed by atoms with van der Waals surface area (Å²) in [7, 11) is 1.71. The number of benzene rings is 1. The molecule has 4 heteroatoms. The van der Waals surface area contributed by atoms with Crippen LogP contribution >= 0.6 is 0 Å². The zero-order valence-electron chi connectivity index (χ0n) is 14.2. The van der Waals surface area contributed by atoms with E-state index in [0.29, 0.717) is 0 Å². The van der Waals surface area contributed by atoms with Gasteiger partial charge < -0.3 is 15.4 Å². The zero-order chi connectivity index (χ0) is 15.9. The van der Waals surface area contributed by atoms with E-state index < -0.39 is 0 Å². The fourth-order valence-electron chi connectivity index (χ4n) is 2.05. The molecule has 0 aliphatic heterocycles. The first kappa shape index (κ1) is 17.3. The van der Waals surface area contributed by atoms with Gasteiger partial charge in [0.2, 0.25) is 0 Å². The molecule has 0 aromatic heterocycles. The van der Waals surface area contributed by atoms with Gasteiger partial charge in [-0.15, -0.1) is 0 Å². The quantitative estimate of drug-likeness (QED) is 0.648. The minimum Gasteiger partial charge on any atom is -0.496 e. The van der Waals surface area contributed by atoms with E-state index in [0.717, 1.165) is 31.2 Å². The van der Waals surface area contributed by atoms with Crippen LogP contribution in [0.1, 0.15) is 38.8 Å². The fourth-order valence-corrected chi connectivity index (χ4v) is 2.05. The second-order valence-electron chi connectivity index (χ2n) is 6.20. The van der Waals surface area contributed by atoms with Gasteiger partial charge in [-0.1, -0.05) is 17.7 Å². The van der Waals surface area contributed by atoms with Crippen molar-refractivity contribution in [2.24, 2.45) is 4.99 Å². The lowest BCUT2D eigenvalue weighted by atomic mass is 10.1. The van der Waals surface area contributed by atoms with E-state index >= 15 is 0 Å². The molecule has 21 heavy (non-hydrogen) atoms. The zero-order valence-corrected chi connectivity index (χ0v) is 14.2. The van der Waals surface area contributed by atoms with Gasteiger partial charge in [-0.25, -0.2) is 0 Å². The third-order valence-electron chi connectivity index (χ3n) is 2.92. The van der Waals surface area contributed by atoms with E-state index in [4.69, 9.17) is 4.74 Å². The summed E-state index contributed by atoms with van der Waals surface area (Å²) in [4.78, 5) is 4.64. The van der Waals surface area contributed by atoms with Crippen LogP contribution in [0.25, 0.3) is 0 Å². The predicted molar refractivity (Wildman–Crippen MR) is 90.3 cm³/mol. The lowest BCUT2D eigenvalue weighted by Gasteiger charge is -2.23. The van der Waals surface area contributed by atoms with Crippen molar-refractivity contribution in [2.45, 2.75) is 46.6 Å². The molecule has 0 atom stereocenters. The molecule has 0 radical (unpaired) electrons. The highest BCUT2D eigenvalue weighted by Gasteiger charge is 2.11. The highest BCUT2D eigenvalue weighted by atomic mass is 16.5. The third-order valence-corrected chi connectivity index (χ3v) is 2.92. The number of aliphatic imine (C=N–C) groups is 1. The summed E-state index contributed by atoms with van der Waals surface area (Å²) in [5, 5.41) is 6.66. The first-order valence-electron chi connectivity index (χ1n) is 7.55. The smallest absolute Gasteiger partial charge is 0.191 e. The molecule has 1 aromatic carbocycles. The number of nitrogens with one attached hydrogen (secondary N) is 2. The van der Waals surface area contributed by atoms with E-state index in [1.807, 2.05) is 6.07 Å². The molecule has 0 aliphatic rings. The number of nitrogens with zero attached hydrogens (tertiary/aromatic N) is 1. The summed E-state index contributed by atoms with van der Waals surface area (Å²) in [6.07, 6.45) is 0.867. The SMILES string of the molecule is CCNC(=NCCc1cc(C)ccc1OC)NC(C)(C)C. The molecule has 2 N–H and O–H groups in total. The van der Waals surface area contributed by atoms with E-state index in [9.17, 15) is 0 Å². The summed E-state index contributed by atoms with van der Waals surface area (Å²) in [6, 6.07) is 6.25. The average molecular weight is 291 g/mol. The van der Waals surface area contributed by atoms with Crippen LogP contribution in [0.5, 0.6) is 5.75 Å². The molecule has 1 rings (SSSR count). The van der Waals surface area contributed by atoms with Gasteiger partial charge in [-0.05, 0) is 52.7 Å². The van der Waals surface area contributed by atoms with Crippen molar-refractivity contribution >= 4 is 5.96 Å². The van der Waals surface area contributed by atoms with Crippen LogP contribution in [0, 0.1) is 6.92 Å². The van der Waals surface area contributed by atoms with Gasteiger partial charge in [0.1, 0.15) is 5.75 Å². The molecule has 0 amide bonds. The highest BCUT2D eigenvalue weighted by Crippen LogP contribution is 2.20. The molecule has 4 nitrogen and oxygen atoms in total. The van der Waals surface area contributed by atoms with Crippen molar-refractivity contribution < 1.29 is 4.74 Å². The number of hydrogen-bond donors (Lipinski definition) is 2. The Bertz CT molecular complexity index is 475. The Morgan fingerprint density at radius 3 is 2.57 bits per heavy atom. The topological polar surface area (TPSA) is 45.7 Å². The van der Waals surface area contributed by atoms with Gasteiger partial charge in [0.15, 0.2) is 5.96 Å². The van der Waals surface area contributed by atoms with Crippen molar-refractivity contribution in [3.63, 3.8) is 0 Å². The largest absolute Gasteiger partial charge is 0.496 e. The van der Waals surface area contributed by atoms with Crippen molar-refractivity contribution in [2.75, 3.05) is 20.2 Å². The molecule has 0 saturated carbocycles. The number of guanidine groups is 1. The second kappa shape index (κ2) is 7.91. The number of methoxy groups -OCH3 is 1. The van der Waals surface area contributed by atoms with Crippen LogP contribution in [0.15, 0.2) is 23.2 Å². The minimum absolute atomic E-state index is 0.00201. The fraction of sp³-hybridized carbons (Fsp3) is 0.588. The van der Waals surface area contributed by atoms with E-state index in [1.54, 1.807) is 7.11 Å². The molecule has 0 aliphatic carbocycles. The lowest BCUT2D eigenvalue weighted by molar-refractivity contribution is 0.409. The first-order chi connectivity index (χ1) is 9.85. The Balaban J connectivity index is 2.71. The maximum absolute atomic E-state index is 5.41. The summed E-state index contributed by atoms with van der Waals surface area (Å²) in [5.74, 6) is 1.79. The van der Waals surface area contributed by atoms with Gasteiger partial charge in [0.05, 0.1) is 7.11 Å². The summed E-state index contributed by atoms with van der Waals surface area (Å²) < 4.78 is 5.41. The second-order valence-corrected chi connectivity index (χ2v) is 6.20. The van der Waals surface area contributed by atoms with Gasteiger partial charge in [-0.2, -0.15) is 0 Å². The molecular formula is C17H29N3O. The third kappa shape index (κ3) is 6.52. The van der Waals surface area contributed by atoms with Gasteiger partial charge in [0.25, 0.3) is 0 Å². The Morgan fingerprint density at radius 2 is 2.00 bits per heavy atom. The lowest BCUT2D eigenvalue weighted by Crippen LogP contribution is -2.47. The monoisotopic (exact) mass is 291 g/mol. The Hall–Kier alpha value is -1.71. The van der Waals surface area contributed by atoms with Crippen LogP contribution in [0.2, 0.25) is 0 Å². The molecular weight excluding hydrogens is 262 g/mol. The van der Waals surface area contributed by atoms with Crippen LogP contribution in [-0.2, 0) is 6.42 Å². The molecule has 0 heterocycles. The van der Waals surface area contributed by atoms with E-state index in [2.05, 4.69) is 62.4 Å². The number of aryl methyl sites for hydroxylation is 1. The summed E-state index contributed by atoms with van der Waals surface area (Å²) >= 11 is 0. The Labute approximate surface area is 129 Å². The normalized spacial score (nSPS) is 12.2. The van der Waals surface area contributed by atoms with Crippen molar-refractivity contribution in [3.05, 3.63) is 29.3 Å². The minimum atomic E-state index is 0.00201. The van der Waals surface area contributed by atoms with Crippen LogP contribution in [0.4, 0.5) is 0 Å². The average Bonchev–Trinajstić information content (AvgIpc) is 2.37. The highest BCUT2D eigenvalue weighted by molar-refractivity contribution is 5.80. The summed E-state index contributed by atoms with van der Waals surface area (Å²) in [5.41, 5.74) is 2.45. The molecule has 0 unspecified atom stereocenters. The standard InChI is InChI=1S/C17H29N3O/c1-7-18-16(20-17(3,4)5)19-11-10-14-12-13(2)8-9-15(14)21-6/h8-9,12H,7,10-11H2,1-6H3,(H2,18,19,20). The maximum Gasteiger partial charge on any atom is 0.191 e. The molecule has 118 valence electrons. The maximum atomic E-state index is 5.41. The van der Waals surface area contributed by atoms with E-state index in [1.165, 1.54) is 11.1 Å². The van der Waals surface area contributed by atoms with Crippen molar-refractivity contribution in [1.29, 1.82) is 0 Å². The van der Waals surface area contributed by atoms with Crippen LogP contribution in [-0.4, -0.2) is 31.7 Å². The number of rotatable bonds is 5. The van der Waals surface area contributed by atoms with Gasteiger partial charge in [0, 0.05) is 18.6 Å². The predicted octanol–water partition coefficient (Wildman–Crippen LogP) is 2.90. The molecule has 0 spiro atoms. The molecule has 0 saturated heterocycles. The number of hydrogen-bond acceptors (Lipinski definition) is 2. The van der Waals surface area contributed by atoms with Crippen molar-refractivity contribution in [1.82, 2.24) is 10.6 Å². The molecule has 1 aromatic rings. The Kier molecular flexibility index (Phi) is 6.53. The van der Waals surface area contributed by atoms with E-state index in [-0.39, 0.29) is 5.54 Å². The first-order valence-corrected chi connectivity index (χ1v) is 7.55.